The molecule has 0 amide bonds. The second kappa shape index (κ2) is 6.50. The highest BCUT2D eigenvalue weighted by Gasteiger charge is 1.99. The first-order valence-corrected chi connectivity index (χ1v) is 5.61. The number of rotatable bonds is 6. The van der Waals surface area contributed by atoms with Gasteiger partial charge in [0, 0.05) is 19.2 Å². The van der Waals surface area contributed by atoms with Crippen LogP contribution in [0.15, 0.2) is 6.07 Å². The Morgan fingerprint density at radius 2 is 2.25 bits per heavy atom. The molecule has 0 aliphatic rings. The first-order chi connectivity index (χ1) is 7.58. The monoisotopic (exact) mass is 244 g/mol. The standard InChI is InChI=1S/C10H17ClN4O/c1-7(2)16-5-3-4-13-9-6-8(11)14-10(12)15-9/h6-7H,3-5H2,1-2H3,(H3,12,13,14,15). The Kier molecular flexibility index (Phi) is 5.28. The predicted octanol–water partition coefficient (Wildman–Crippen LogP) is 1.94. The molecule has 0 aromatic carbocycles. The molecule has 6 heteroatoms. The van der Waals surface area contributed by atoms with E-state index in [1.165, 1.54) is 0 Å². The van der Waals surface area contributed by atoms with Gasteiger partial charge in [-0.3, -0.25) is 0 Å². The molecule has 1 heterocycles. The molecular weight excluding hydrogens is 228 g/mol. The second-order valence-electron chi connectivity index (χ2n) is 3.63. The van der Waals surface area contributed by atoms with Crippen LogP contribution in [0.4, 0.5) is 11.8 Å². The van der Waals surface area contributed by atoms with Crippen LogP contribution in [0, 0.1) is 0 Å². The molecule has 1 aromatic heterocycles. The van der Waals surface area contributed by atoms with Crippen molar-refractivity contribution in [1.29, 1.82) is 0 Å². The molecule has 3 N–H and O–H groups in total. The molecule has 0 bridgehead atoms. The first-order valence-electron chi connectivity index (χ1n) is 5.23. The molecule has 1 aromatic rings. The maximum Gasteiger partial charge on any atom is 0.223 e. The van der Waals surface area contributed by atoms with Gasteiger partial charge < -0.3 is 15.8 Å². The van der Waals surface area contributed by atoms with Gasteiger partial charge in [0.15, 0.2) is 0 Å². The summed E-state index contributed by atoms with van der Waals surface area (Å²) in [5.74, 6) is 0.815. The lowest BCUT2D eigenvalue weighted by Crippen LogP contribution is -2.10. The lowest BCUT2D eigenvalue weighted by Gasteiger charge is -2.08. The van der Waals surface area contributed by atoms with Crippen molar-refractivity contribution in [3.63, 3.8) is 0 Å². The van der Waals surface area contributed by atoms with E-state index in [1.54, 1.807) is 6.07 Å². The van der Waals surface area contributed by atoms with Gasteiger partial charge in [-0.05, 0) is 20.3 Å². The van der Waals surface area contributed by atoms with Gasteiger partial charge in [-0.1, -0.05) is 11.6 Å². The topological polar surface area (TPSA) is 73.1 Å². The molecule has 0 atom stereocenters. The summed E-state index contributed by atoms with van der Waals surface area (Å²) in [5.41, 5.74) is 5.46. The highest BCUT2D eigenvalue weighted by atomic mass is 35.5. The van der Waals surface area contributed by atoms with E-state index in [1.807, 2.05) is 13.8 Å². The van der Waals surface area contributed by atoms with Crippen molar-refractivity contribution in [2.45, 2.75) is 26.4 Å². The fraction of sp³-hybridized carbons (Fsp3) is 0.600. The third-order valence-electron chi connectivity index (χ3n) is 1.79. The van der Waals surface area contributed by atoms with Crippen molar-refractivity contribution in [3.05, 3.63) is 11.2 Å². The van der Waals surface area contributed by atoms with Gasteiger partial charge >= 0.3 is 0 Å². The van der Waals surface area contributed by atoms with Gasteiger partial charge in [-0.15, -0.1) is 0 Å². The maximum atomic E-state index is 5.74. The summed E-state index contributed by atoms with van der Waals surface area (Å²) in [6.07, 6.45) is 1.17. The van der Waals surface area contributed by atoms with Crippen LogP contribution >= 0.6 is 11.6 Å². The number of halogens is 1. The van der Waals surface area contributed by atoms with E-state index in [9.17, 15) is 0 Å². The van der Waals surface area contributed by atoms with Crippen LogP contribution in [0.25, 0.3) is 0 Å². The number of nitrogen functional groups attached to an aromatic ring is 1. The molecule has 0 aliphatic heterocycles. The average Bonchev–Trinajstić information content (AvgIpc) is 2.15. The zero-order valence-corrected chi connectivity index (χ0v) is 10.3. The minimum atomic E-state index is 0.174. The number of hydrogen-bond acceptors (Lipinski definition) is 5. The first kappa shape index (κ1) is 13.0. The van der Waals surface area contributed by atoms with Crippen molar-refractivity contribution in [2.24, 2.45) is 0 Å². The Balaban J connectivity index is 2.26. The summed E-state index contributed by atoms with van der Waals surface area (Å²) >= 11 is 5.74. The zero-order valence-electron chi connectivity index (χ0n) is 9.53. The minimum Gasteiger partial charge on any atom is -0.379 e. The Bertz CT molecular complexity index is 312. The average molecular weight is 245 g/mol. The highest BCUT2D eigenvalue weighted by Crippen LogP contribution is 2.12. The lowest BCUT2D eigenvalue weighted by molar-refractivity contribution is 0.0787. The second-order valence-corrected chi connectivity index (χ2v) is 4.02. The third kappa shape index (κ3) is 5.14. The van der Waals surface area contributed by atoms with E-state index in [0.29, 0.717) is 11.0 Å². The van der Waals surface area contributed by atoms with Gasteiger partial charge in [-0.25, -0.2) is 4.98 Å². The molecule has 0 saturated heterocycles. The van der Waals surface area contributed by atoms with Crippen LogP contribution in [0.2, 0.25) is 5.15 Å². The van der Waals surface area contributed by atoms with E-state index >= 15 is 0 Å². The molecular formula is C10H17ClN4O. The van der Waals surface area contributed by atoms with Crippen LogP contribution in [0.5, 0.6) is 0 Å². The van der Waals surface area contributed by atoms with Crippen LogP contribution < -0.4 is 11.1 Å². The van der Waals surface area contributed by atoms with Crippen molar-refractivity contribution >= 4 is 23.4 Å². The fourth-order valence-corrected chi connectivity index (χ4v) is 1.32. The van der Waals surface area contributed by atoms with Crippen molar-refractivity contribution in [2.75, 3.05) is 24.2 Å². The van der Waals surface area contributed by atoms with E-state index < -0.39 is 0 Å². The molecule has 0 unspecified atom stereocenters. The van der Waals surface area contributed by atoms with E-state index in [2.05, 4.69) is 15.3 Å². The molecule has 90 valence electrons. The number of ether oxygens (including phenoxy) is 1. The predicted molar refractivity (Wildman–Crippen MR) is 65.6 cm³/mol. The Labute approximate surface area is 100 Å². The van der Waals surface area contributed by atoms with Crippen LogP contribution in [-0.2, 0) is 4.74 Å². The lowest BCUT2D eigenvalue weighted by atomic mass is 10.4. The van der Waals surface area contributed by atoms with E-state index in [0.717, 1.165) is 19.6 Å². The van der Waals surface area contributed by atoms with E-state index in [-0.39, 0.29) is 12.1 Å². The Hall–Kier alpha value is -1.07. The zero-order chi connectivity index (χ0) is 12.0. The van der Waals surface area contributed by atoms with Gasteiger partial charge in [0.25, 0.3) is 0 Å². The SMILES string of the molecule is CC(C)OCCCNc1cc(Cl)nc(N)n1. The Morgan fingerprint density at radius 1 is 1.50 bits per heavy atom. The van der Waals surface area contributed by atoms with Gasteiger partial charge in [0.1, 0.15) is 11.0 Å². The molecule has 16 heavy (non-hydrogen) atoms. The highest BCUT2D eigenvalue weighted by molar-refractivity contribution is 6.29. The number of nitrogens with one attached hydrogen (secondary N) is 1. The quantitative estimate of drug-likeness (QED) is 0.591. The summed E-state index contributed by atoms with van der Waals surface area (Å²) in [6, 6.07) is 1.64. The van der Waals surface area contributed by atoms with Gasteiger partial charge in [-0.2, -0.15) is 4.98 Å². The number of aromatic nitrogens is 2. The molecule has 5 nitrogen and oxygen atoms in total. The fourth-order valence-electron chi connectivity index (χ4n) is 1.13. The van der Waals surface area contributed by atoms with E-state index in [4.69, 9.17) is 22.1 Å². The van der Waals surface area contributed by atoms with Crippen molar-refractivity contribution < 1.29 is 4.74 Å². The van der Waals surface area contributed by atoms with Crippen LogP contribution in [0.3, 0.4) is 0 Å². The number of nitrogens with zero attached hydrogens (tertiary/aromatic N) is 2. The summed E-state index contributed by atoms with van der Waals surface area (Å²) in [4.78, 5) is 7.77. The Morgan fingerprint density at radius 3 is 2.88 bits per heavy atom. The molecule has 0 radical (unpaired) electrons. The molecule has 0 aliphatic carbocycles. The summed E-state index contributed by atoms with van der Waals surface area (Å²) in [5, 5.41) is 3.45. The van der Waals surface area contributed by atoms with Crippen LogP contribution in [-0.4, -0.2) is 29.2 Å². The number of hydrogen-bond donors (Lipinski definition) is 2. The third-order valence-corrected chi connectivity index (χ3v) is 1.98. The number of anilines is 2. The normalized spacial score (nSPS) is 10.8. The van der Waals surface area contributed by atoms with Crippen LogP contribution in [0.1, 0.15) is 20.3 Å². The maximum absolute atomic E-state index is 5.74. The summed E-state index contributed by atoms with van der Waals surface area (Å²) < 4.78 is 5.40. The minimum absolute atomic E-state index is 0.174. The molecule has 0 spiro atoms. The van der Waals surface area contributed by atoms with Crippen molar-refractivity contribution in [1.82, 2.24) is 9.97 Å². The van der Waals surface area contributed by atoms with Gasteiger partial charge in [0.2, 0.25) is 5.95 Å². The molecule has 1 rings (SSSR count). The smallest absolute Gasteiger partial charge is 0.223 e. The summed E-state index contributed by atoms with van der Waals surface area (Å²) in [6.45, 7) is 5.51. The largest absolute Gasteiger partial charge is 0.379 e. The summed E-state index contributed by atoms with van der Waals surface area (Å²) in [7, 11) is 0. The number of nitrogens with two attached hydrogens (primary N) is 1. The molecule has 0 saturated carbocycles. The van der Waals surface area contributed by atoms with Gasteiger partial charge in [0.05, 0.1) is 6.10 Å². The van der Waals surface area contributed by atoms with Crippen molar-refractivity contribution in [3.8, 4) is 0 Å². The molecule has 0 fully saturated rings.